The topological polar surface area (TPSA) is 90.3 Å². The Hall–Kier alpha value is -3.76. The molecular weight excluding hydrogens is 416 g/mol. The Bertz CT molecular complexity index is 1460. The van der Waals surface area contributed by atoms with Crippen LogP contribution in [0.5, 0.6) is 0 Å². The summed E-state index contributed by atoms with van der Waals surface area (Å²) in [5.41, 5.74) is 5.84. The maximum Gasteiger partial charge on any atom is 0.163 e. The predicted octanol–water partition coefficient (Wildman–Crippen LogP) is 5.88. The lowest BCUT2D eigenvalue weighted by Gasteiger charge is -2.10. The minimum atomic E-state index is 0.356. The molecule has 5 aromatic rings. The van der Waals surface area contributed by atoms with Gasteiger partial charge in [0.1, 0.15) is 11.9 Å². The van der Waals surface area contributed by atoms with Crippen molar-refractivity contribution in [1.82, 2.24) is 19.9 Å². The summed E-state index contributed by atoms with van der Waals surface area (Å²) in [5.74, 6) is 1.76. The third kappa shape index (κ3) is 3.70. The SMILES string of the molecule is CC(C)c1csc2c(NCCc3c[nH]c4ccccc34)nc(-c3cncc(C#N)c3)nc12. The fraction of sp³-hybridized carbons (Fsp3) is 0.200. The zero-order chi connectivity index (χ0) is 22.1. The van der Waals surface area contributed by atoms with Gasteiger partial charge in [-0.3, -0.25) is 4.98 Å². The molecule has 5 rings (SSSR count). The van der Waals surface area contributed by atoms with Gasteiger partial charge in [0.05, 0.1) is 15.8 Å². The van der Waals surface area contributed by atoms with Crippen molar-refractivity contribution in [1.29, 1.82) is 5.26 Å². The average Bonchev–Trinajstić information content (AvgIpc) is 3.43. The molecule has 0 unspecified atom stereocenters. The summed E-state index contributed by atoms with van der Waals surface area (Å²) < 4.78 is 1.06. The summed E-state index contributed by atoms with van der Waals surface area (Å²) in [6.45, 7) is 5.09. The highest BCUT2D eigenvalue weighted by Gasteiger charge is 2.17. The number of para-hydroxylation sites is 1. The predicted molar refractivity (Wildman–Crippen MR) is 130 cm³/mol. The number of benzene rings is 1. The molecule has 0 atom stereocenters. The van der Waals surface area contributed by atoms with Crippen LogP contribution in [-0.4, -0.2) is 26.5 Å². The van der Waals surface area contributed by atoms with Gasteiger partial charge in [-0.2, -0.15) is 5.26 Å². The van der Waals surface area contributed by atoms with Crippen LogP contribution in [0.1, 0.15) is 36.5 Å². The van der Waals surface area contributed by atoms with Gasteiger partial charge in [-0.15, -0.1) is 11.3 Å². The molecule has 0 saturated heterocycles. The highest BCUT2D eigenvalue weighted by Crippen LogP contribution is 2.35. The van der Waals surface area contributed by atoms with E-state index in [1.54, 1.807) is 29.8 Å². The second-order valence-corrected chi connectivity index (χ2v) is 8.91. The van der Waals surface area contributed by atoms with E-state index in [1.165, 1.54) is 16.5 Å². The molecule has 158 valence electrons. The van der Waals surface area contributed by atoms with Crippen molar-refractivity contribution >= 4 is 38.3 Å². The molecule has 0 bridgehead atoms. The summed E-state index contributed by atoms with van der Waals surface area (Å²) in [4.78, 5) is 17.2. The van der Waals surface area contributed by atoms with Gasteiger partial charge < -0.3 is 10.3 Å². The zero-order valence-corrected chi connectivity index (χ0v) is 18.7. The van der Waals surface area contributed by atoms with Crippen LogP contribution in [0.2, 0.25) is 0 Å². The number of pyridine rings is 1. The van der Waals surface area contributed by atoms with Gasteiger partial charge in [-0.25, -0.2) is 9.97 Å². The first-order valence-corrected chi connectivity index (χ1v) is 11.5. The van der Waals surface area contributed by atoms with Gasteiger partial charge in [-0.05, 0) is 41.0 Å². The van der Waals surface area contributed by atoms with Crippen LogP contribution < -0.4 is 5.32 Å². The lowest BCUT2D eigenvalue weighted by atomic mass is 10.1. The van der Waals surface area contributed by atoms with Crippen LogP contribution in [0, 0.1) is 11.3 Å². The number of aromatic amines is 1. The number of H-pyrrole nitrogens is 1. The largest absolute Gasteiger partial charge is 0.368 e. The first kappa shape index (κ1) is 20.2. The molecule has 0 aliphatic carbocycles. The van der Waals surface area contributed by atoms with E-state index < -0.39 is 0 Å². The van der Waals surface area contributed by atoms with Crippen molar-refractivity contribution in [2.45, 2.75) is 26.2 Å². The van der Waals surface area contributed by atoms with E-state index in [1.807, 2.05) is 6.07 Å². The monoisotopic (exact) mass is 438 g/mol. The van der Waals surface area contributed by atoms with Crippen molar-refractivity contribution in [2.75, 3.05) is 11.9 Å². The number of hydrogen-bond donors (Lipinski definition) is 2. The standard InChI is InChI=1S/C25H22N6S/c1-15(2)20-14-32-23-22(20)30-24(18-9-16(10-26)11-27-12-18)31-25(23)28-8-7-17-13-29-21-6-4-3-5-19(17)21/h3-6,9,11-15,29H,7-8H2,1-2H3,(H,28,30,31). The number of nitrogens with one attached hydrogen (secondary N) is 2. The second-order valence-electron chi connectivity index (χ2n) is 8.03. The van der Waals surface area contributed by atoms with Gasteiger partial charge in [0.2, 0.25) is 0 Å². The molecule has 2 N–H and O–H groups in total. The molecule has 0 amide bonds. The summed E-state index contributed by atoms with van der Waals surface area (Å²) in [7, 11) is 0. The summed E-state index contributed by atoms with van der Waals surface area (Å²) in [5, 5.41) is 16.2. The van der Waals surface area contributed by atoms with E-state index in [0.717, 1.165) is 40.1 Å². The number of nitrogens with zero attached hydrogens (tertiary/aromatic N) is 4. The van der Waals surface area contributed by atoms with Gasteiger partial charge in [-0.1, -0.05) is 32.0 Å². The van der Waals surface area contributed by atoms with E-state index in [4.69, 9.17) is 9.97 Å². The zero-order valence-electron chi connectivity index (χ0n) is 17.9. The maximum absolute atomic E-state index is 9.26. The number of thiophene rings is 1. The Morgan fingerprint density at radius 1 is 1.19 bits per heavy atom. The molecule has 0 aliphatic rings. The Kier molecular flexibility index (Phi) is 5.29. The molecule has 0 aliphatic heterocycles. The van der Waals surface area contributed by atoms with Crippen LogP contribution in [0.4, 0.5) is 5.82 Å². The van der Waals surface area contributed by atoms with E-state index in [2.05, 4.69) is 65.0 Å². The van der Waals surface area contributed by atoms with Crippen molar-refractivity contribution in [2.24, 2.45) is 0 Å². The quantitative estimate of drug-likeness (QED) is 0.345. The average molecular weight is 439 g/mol. The number of hydrogen-bond acceptors (Lipinski definition) is 6. The minimum Gasteiger partial charge on any atom is -0.368 e. The highest BCUT2D eigenvalue weighted by molar-refractivity contribution is 7.18. The molecule has 6 nitrogen and oxygen atoms in total. The molecule has 7 heteroatoms. The Balaban J connectivity index is 1.50. The van der Waals surface area contributed by atoms with E-state index in [9.17, 15) is 5.26 Å². The third-order valence-electron chi connectivity index (χ3n) is 5.55. The summed E-state index contributed by atoms with van der Waals surface area (Å²) >= 11 is 1.67. The number of fused-ring (bicyclic) bond motifs is 2. The van der Waals surface area contributed by atoms with Crippen molar-refractivity contribution in [3.05, 3.63) is 71.0 Å². The molecule has 0 spiro atoms. The lowest BCUT2D eigenvalue weighted by Crippen LogP contribution is -2.07. The Labute approximate surface area is 190 Å². The number of rotatable bonds is 6. The molecule has 4 heterocycles. The summed E-state index contributed by atoms with van der Waals surface area (Å²) in [6.07, 6.45) is 6.21. The van der Waals surface area contributed by atoms with Gasteiger partial charge in [0.15, 0.2) is 5.82 Å². The molecule has 32 heavy (non-hydrogen) atoms. The fourth-order valence-electron chi connectivity index (χ4n) is 3.87. The van der Waals surface area contributed by atoms with Gasteiger partial charge in [0.25, 0.3) is 0 Å². The van der Waals surface area contributed by atoms with Crippen molar-refractivity contribution < 1.29 is 0 Å². The van der Waals surface area contributed by atoms with Crippen LogP contribution >= 0.6 is 11.3 Å². The molecule has 4 aromatic heterocycles. The van der Waals surface area contributed by atoms with E-state index >= 15 is 0 Å². The van der Waals surface area contributed by atoms with E-state index in [0.29, 0.717) is 17.3 Å². The minimum absolute atomic E-state index is 0.356. The van der Waals surface area contributed by atoms with Crippen LogP contribution in [0.15, 0.2) is 54.3 Å². The maximum atomic E-state index is 9.26. The number of nitriles is 1. The van der Waals surface area contributed by atoms with Crippen molar-refractivity contribution in [3.8, 4) is 17.5 Å². The molecule has 1 aromatic carbocycles. The first-order chi connectivity index (χ1) is 15.6. The van der Waals surface area contributed by atoms with Crippen LogP contribution in [0.3, 0.4) is 0 Å². The van der Waals surface area contributed by atoms with Crippen LogP contribution in [-0.2, 0) is 6.42 Å². The molecule has 0 radical (unpaired) electrons. The molecular formula is C25H22N6S. The normalized spacial score (nSPS) is 11.3. The van der Waals surface area contributed by atoms with Crippen LogP contribution in [0.25, 0.3) is 32.5 Å². The Morgan fingerprint density at radius 3 is 2.91 bits per heavy atom. The second kappa shape index (κ2) is 8.40. The van der Waals surface area contributed by atoms with Gasteiger partial charge >= 0.3 is 0 Å². The summed E-state index contributed by atoms with van der Waals surface area (Å²) in [6, 6.07) is 12.3. The Morgan fingerprint density at radius 2 is 2.06 bits per heavy atom. The first-order valence-electron chi connectivity index (χ1n) is 10.6. The molecule has 0 fully saturated rings. The number of anilines is 1. The fourth-order valence-corrected chi connectivity index (χ4v) is 5.00. The van der Waals surface area contributed by atoms with Gasteiger partial charge in [0, 0.05) is 41.6 Å². The lowest BCUT2D eigenvalue weighted by molar-refractivity contribution is 0.877. The molecule has 0 saturated carbocycles. The van der Waals surface area contributed by atoms with Crippen molar-refractivity contribution in [3.63, 3.8) is 0 Å². The number of aromatic nitrogens is 4. The smallest absolute Gasteiger partial charge is 0.163 e. The highest BCUT2D eigenvalue weighted by atomic mass is 32.1. The third-order valence-corrected chi connectivity index (χ3v) is 6.55. The van der Waals surface area contributed by atoms with E-state index in [-0.39, 0.29) is 0 Å².